The summed E-state index contributed by atoms with van der Waals surface area (Å²) in [5.41, 5.74) is 4.47. The van der Waals surface area contributed by atoms with Crippen molar-refractivity contribution in [2.75, 3.05) is 18.5 Å². The van der Waals surface area contributed by atoms with E-state index in [1.807, 2.05) is 55.5 Å². The van der Waals surface area contributed by atoms with Crippen LogP contribution in [0.2, 0.25) is 10.0 Å². The highest BCUT2D eigenvalue weighted by atomic mass is 35.5. The second-order valence-corrected chi connectivity index (χ2v) is 11.3. The normalized spacial score (nSPS) is 11.0. The Kier molecular flexibility index (Phi) is 10.8. The van der Waals surface area contributed by atoms with E-state index in [-0.39, 0.29) is 24.1 Å². The van der Waals surface area contributed by atoms with Gasteiger partial charge in [-0.1, -0.05) is 59.6 Å². The van der Waals surface area contributed by atoms with Gasteiger partial charge in [-0.3, -0.25) is 19.4 Å². The minimum absolute atomic E-state index is 0.0562. The summed E-state index contributed by atoms with van der Waals surface area (Å²) in [6.45, 7) is 2.02. The summed E-state index contributed by atoms with van der Waals surface area (Å²) in [7, 11) is 1.57. The molecule has 47 heavy (non-hydrogen) atoms. The molecule has 0 saturated carbocycles. The highest BCUT2D eigenvalue weighted by Crippen LogP contribution is 2.35. The number of nitrogens with zero attached hydrogens (tertiary/aromatic N) is 3. The van der Waals surface area contributed by atoms with Crippen molar-refractivity contribution < 1.29 is 19.1 Å². The number of likely N-dealkylation sites (N-methyl/N-ethyl adjacent to an activating group) is 1. The number of carbonyl (C=O) groups is 3. The molecule has 0 bridgehead atoms. The van der Waals surface area contributed by atoms with E-state index in [9.17, 15) is 14.4 Å². The standard InChI is InChI=1S/C36H31Cl2N5O4/c1-23-9-13-25-6-5-8-31(35(25)42-23)47-22-28-29(37)16-17-30(34(28)38)43(2)33(45)21-40-32(44)18-12-24-10-14-26(15-11-24)36(46)41-20-27-7-3-4-19-39-27/h3-19H,20-22H2,1-2H3,(H,40,44)(H,41,46). The molecule has 0 unspecified atom stereocenters. The zero-order valence-electron chi connectivity index (χ0n) is 25.7. The number of nitrogens with one attached hydrogen (secondary N) is 2. The maximum absolute atomic E-state index is 13.0. The van der Waals surface area contributed by atoms with Crippen LogP contribution in [-0.4, -0.2) is 41.3 Å². The number of fused-ring (bicyclic) bond motifs is 1. The van der Waals surface area contributed by atoms with Crippen LogP contribution in [0.25, 0.3) is 17.0 Å². The van der Waals surface area contributed by atoms with Crippen LogP contribution in [0.3, 0.4) is 0 Å². The molecule has 3 amide bonds. The van der Waals surface area contributed by atoms with Gasteiger partial charge in [0, 0.05) is 46.6 Å². The highest BCUT2D eigenvalue weighted by molar-refractivity contribution is 6.38. The molecule has 0 aliphatic carbocycles. The molecule has 0 saturated heterocycles. The van der Waals surface area contributed by atoms with Gasteiger partial charge in [0.15, 0.2) is 0 Å². The third-order valence-electron chi connectivity index (χ3n) is 7.27. The third-order valence-corrected chi connectivity index (χ3v) is 8.04. The van der Waals surface area contributed by atoms with Crippen molar-refractivity contribution in [3.05, 3.63) is 135 Å². The lowest BCUT2D eigenvalue weighted by Gasteiger charge is -2.21. The summed E-state index contributed by atoms with van der Waals surface area (Å²) in [5, 5.41) is 7.00. The number of amides is 3. The van der Waals surface area contributed by atoms with Crippen LogP contribution in [0.5, 0.6) is 5.75 Å². The fourth-order valence-electron chi connectivity index (χ4n) is 4.63. The van der Waals surface area contributed by atoms with E-state index in [1.165, 1.54) is 11.0 Å². The molecular formula is C36H31Cl2N5O4. The van der Waals surface area contributed by atoms with Gasteiger partial charge in [0.1, 0.15) is 17.9 Å². The molecule has 2 heterocycles. The molecule has 0 fully saturated rings. The van der Waals surface area contributed by atoms with Crippen LogP contribution in [0.1, 0.15) is 32.9 Å². The summed E-state index contributed by atoms with van der Waals surface area (Å²) in [6, 6.07) is 25.1. The Labute approximate surface area is 282 Å². The number of hydrogen-bond donors (Lipinski definition) is 2. The number of aryl methyl sites for hydroxylation is 1. The molecule has 238 valence electrons. The summed E-state index contributed by atoms with van der Waals surface area (Å²) >= 11 is 13.2. The number of para-hydroxylation sites is 1. The van der Waals surface area contributed by atoms with Gasteiger partial charge < -0.3 is 20.3 Å². The number of pyridine rings is 2. The zero-order chi connectivity index (χ0) is 33.3. The van der Waals surface area contributed by atoms with Gasteiger partial charge in [-0.05, 0) is 67.1 Å². The van der Waals surface area contributed by atoms with Gasteiger partial charge in [0.05, 0.1) is 29.5 Å². The average Bonchev–Trinajstić information content (AvgIpc) is 3.09. The number of ether oxygens (including phenoxy) is 1. The topological polar surface area (TPSA) is 114 Å². The lowest BCUT2D eigenvalue weighted by molar-refractivity contribution is -0.122. The van der Waals surface area contributed by atoms with Crippen molar-refractivity contribution in [2.45, 2.75) is 20.1 Å². The van der Waals surface area contributed by atoms with E-state index in [0.29, 0.717) is 39.7 Å². The molecular weight excluding hydrogens is 637 g/mol. The van der Waals surface area contributed by atoms with Gasteiger partial charge in [0.25, 0.3) is 5.91 Å². The van der Waals surface area contributed by atoms with Crippen molar-refractivity contribution >= 4 is 63.6 Å². The Balaban J connectivity index is 1.14. The summed E-state index contributed by atoms with van der Waals surface area (Å²) < 4.78 is 6.08. The highest BCUT2D eigenvalue weighted by Gasteiger charge is 2.19. The van der Waals surface area contributed by atoms with Gasteiger partial charge in [0.2, 0.25) is 11.8 Å². The molecule has 2 aromatic heterocycles. The van der Waals surface area contributed by atoms with E-state index in [1.54, 1.807) is 55.7 Å². The van der Waals surface area contributed by atoms with E-state index < -0.39 is 11.8 Å². The lowest BCUT2D eigenvalue weighted by Crippen LogP contribution is -2.37. The maximum Gasteiger partial charge on any atom is 0.251 e. The van der Waals surface area contributed by atoms with Crippen LogP contribution >= 0.6 is 23.2 Å². The van der Waals surface area contributed by atoms with E-state index in [4.69, 9.17) is 27.9 Å². The van der Waals surface area contributed by atoms with Gasteiger partial charge in [-0.25, -0.2) is 4.98 Å². The quantitative estimate of drug-likeness (QED) is 0.155. The van der Waals surface area contributed by atoms with Crippen LogP contribution in [-0.2, 0) is 22.7 Å². The number of hydrogen-bond acceptors (Lipinski definition) is 6. The van der Waals surface area contributed by atoms with Gasteiger partial charge in [-0.2, -0.15) is 0 Å². The van der Waals surface area contributed by atoms with Crippen LogP contribution in [0.4, 0.5) is 5.69 Å². The van der Waals surface area contributed by atoms with E-state index in [2.05, 4.69) is 20.6 Å². The largest absolute Gasteiger partial charge is 0.487 e. The predicted molar refractivity (Wildman–Crippen MR) is 185 cm³/mol. The second kappa shape index (κ2) is 15.4. The second-order valence-electron chi connectivity index (χ2n) is 10.6. The number of rotatable bonds is 11. The van der Waals surface area contributed by atoms with Gasteiger partial charge in [-0.15, -0.1) is 0 Å². The monoisotopic (exact) mass is 667 g/mol. The Hall–Kier alpha value is -5.25. The number of benzene rings is 3. The summed E-state index contributed by atoms with van der Waals surface area (Å²) in [5.74, 6) is -0.497. The average molecular weight is 669 g/mol. The number of anilines is 1. The van der Waals surface area contributed by atoms with Crippen molar-refractivity contribution in [2.24, 2.45) is 0 Å². The van der Waals surface area contributed by atoms with Crippen molar-refractivity contribution in [1.29, 1.82) is 0 Å². The first-order valence-electron chi connectivity index (χ1n) is 14.7. The fourth-order valence-corrected chi connectivity index (χ4v) is 5.23. The SMILES string of the molecule is Cc1ccc2cccc(OCc3c(Cl)ccc(N(C)C(=O)CNC(=O)C=Cc4ccc(C(=O)NCc5ccccn5)cc4)c3Cl)c2n1. The Morgan fingerprint density at radius 2 is 1.72 bits per heavy atom. The molecule has 5 aromatic rings. The molecule has 2 N–H and O–H groups in total. The predicted octanol–water partition coefficient (Wildman–Crippen LogP) is 6.55. The molecule has 9 nitrogen and oxygen atoms in total. The Bertz CT molecular complexity index is 1950. The molecule has 5 rings (SSSR count). The minimum atomic E-state index is -0.459. The Morgan fingerprint density at radius 3 is 2.49 bits per heavy atom. The smallest absolute Gasteiger partial charge is 0.251 e. The molecule has 0 spiro atoms. The van der Waals surface area contributed by atoms with Crippen LogP contribution in [0.15, 0.2) is 97.2 Å². The maximum atomic E-state index is 13.0. The van der Waals surface area contributed by atoms with Crippen LogP contribution in [0, 0.1) is 6.92 Å². The first-order valence-corrected chi connectivity index (χ1v) is 15.4. The number of carbonyl (C=O) groups excluding carboxylic acids is 3. The Morgan fingerprint density at radius 1 is 0.915 bits per heavy atom. The van der Waals surface area contributed by atoms with Gasteiger partial charge >= 0.3 is 0 Å². The first-order chi connectivity index (χ1) is 22.7. The fraction of sp³-hybridized carbons (Fsp3) is 0.139. The summed E-state index contributed by atoms with van der Waals surface area (Å²) in [6.07, 6.45) is 4.58. The molecule has 0 atom stereocenters. The molecule has 0 aliphatic heterocycles. The lowest BCUT2D eigenvalue weighted by atomic mass is 10.1. The first kappa shape index (κ1) is 33.1. The van der Waals surface area contributed by atoms with Crippen molar-refractivity contribution in [3.63, 3.8) is 0 Å². The molecule has 0 radical (unpaired) electrons. The zero-order valence-corrected chi connectivity index (χ0v) is 27.2. The van der Waals surface area contributed by atoms with Crippen molar-refractivity contribution in [1.82, 2.24) is 20.6 Å². The molecule has 11 heteroatoms. The summed E-state index contributed by atoms with van der Waals surface area (Å²) in [4.78, 5) is 48.0. The van der Waals surface area contributed by atoms with E-state index in [0.717, 1.165) is 22.3 Å². The third kappa shape index (κ3) is 8.52. The molecule has 0 aliphatic rings. The minimum Gasteiger partial charge on any atom is -0.487 e. The van der Waals surface area contributed by atoms with Crippen molar-refractivity contribution in [3.8, 4) is 5.75 Å². The van der Waals surface area contributed by atoms with Crippen LogP contribution < -0.4 is 20.3 Å². The molecule has 3 aromatic carbocycles. The van der Waals surface area contributed by atoms with E-state index >= 15 is 0 Å². The number of aromatic nitrogens is 2. The number of halogens is 2.